The molecule has 3 aromatic rings. The predicted octanol–water partition coefficient (Wildman–Crippen LogP) is 2.36. The zero-order chi connectivity index (χ0) is 13.9. The van der Waals surface area contributed by atoms with Crippen LogP contribution < -0.4 is 15.8 Å². The molecule has 0 radical (unpaired) electrons. The van der Waals surface area contributed by atoms with Crippen LogP contribution in [0.4, 0.5) is 17.5 Å². The summed E-state index contributed by atoms with van der Waals surface area (Å²) in [5, 5.41) is 3.91. The number of benzene rings is 1. The fourth-order valence-corrected chi connectivity index (χ4v) is 1.86. The van der Waals surface area contributed by atoms with Gasteiger partial charge < -0.3 is 15.8 Å². The molecule has 6 nitrogen and oxygen atoms in total. The number of fused-ring (bicyclic) bond motifs is 1. The Morgan fingerprint density at radius 3 is 2.70 bits per heavy atom. The van der Waals surface area contributed by atoms with Gasteiger partial charge in [0.15, 0.2) is 0 Å². The zero-order valence-corrected chi connectivity index (χ0v) is 10.9. The van der Waals surface area contributed by atoms with Crippen LogP contribution in [-0.4, -0.2) is 22.1 Å². The molecule has 100 valence electrons. The van der Waals surface area contributed by atoms with Crippen LogP contribution in [0, 0.1) is 0 Å². The van der Waals surface area contributed by atoms with Gasteiger partial charge in [-0.25, -0.2) is 9.97 Å². The molecule has 0 aliphatic heterocycles. The van der Waals surface area contributed by atoms with E-state index >= 15 is 0 Å². The molecule has 3 rings (SSSR count). The SMILES string of the molecule is COc1ccc(Nc2nc(N)c3ccccc3n2)cn1. The molecule has 0 spiro atoms. The quantitative estimate of drug-likeness (QED) is 0.757. The van der Waals surface area contributed by atoms with Gasteiger partial charge in [-0.3, -0.25) is 0 Å². The van der Waals surface area contributed by atoms with Crippen molar-refractivity contribution >= 4 is 28.4 Å². The summed E-state index contributed by atoms with van der Waals surface area (Å²) >= 11 is 0. The fraction of sp³-hybridized carbons (Fsp3) is 0.0714. The molecule has 0 fully saturated rings. The van der Waals surface area contributed by atoms with Gasteiger partial charge >= 0.3 is 0 Å². The summed E-state index contributed by atoms with van der Waals surface area (Å²) in [5.41, 5.74) is 7.49. The number of hydrogen-bond acceptors (Lipinski definition) is 6. The number of pyridine rings is 1. The fourth-order valence-electron chi connectivity index (χ4n) is 1.86. The molecule has 0 saturated carbocycles. The first kappa shape index (κ1) is 12.2. The molecule has 0 aliphatic carbocycles. The van der Waals surface area contributed by atoms with E-state index in [1.807, 2.05) is 30.3 Å². The Morgan fingerprint density at radius 2 is 1.95 bits per heavy atom. The lowest BCUT2D eigenvalue weighted by Gasteiger charge is -2.07. The van der Waals surface area contributed by atoms with E-state index in [1.54, 1.807) is 19.4 Å². The number of ether oxygens (including phenoxy) is 1. The average molecular weight is 267 g/mol. The molecule has 20 heavy (non-hydrogen) atoms. The summed E-state index contributed by atoms with van der Waals surface area (Å²) in [7, 11) is 1.57. The van der Waals surface area contributed by atoms with Crippen molar-refractivity contribution in [3.63, 3.8) is 0 Å². The van der Waals surface area contributed by atoms with Crippen LogP contribution in [0.5, 0.6) is 5.88 Å². The van der Waals surface area contributed by atoms with Gasteiger partial charge in [0.1, 0.15) is 5.82 Å². The van der Waals surface area contributed by atoms with Crippen LogP contribution in [0.3, 0.4) is 0 Å². The minimum Gasteiger partial charge on any atom is -0.481 e. The third-order valence-electron chi connectivity index (χ3n) is 2.83. The second kappa shape index (κ2) is 5.00. The Kier molecular flexibility index (Phi) is 3.04. The zero-order valence-electron chi connectivity index (χ0n) is 10.9. The van der Waals surface area contributed by atoms with Gasteiger partial charge in [0.05, 0.1) is 24.5 Å². The van der Waals surface area contributed by atoms with Gasteiger partial charge in [-0.05, 0) is 18.2 Å². The standard InChI is InChI=1S/C14H13N5O/c1-20-12-7-6-9(8-16-12)17-14-18-11-5-3-2-4-10(11)13(15)19-14/h2-8H,1H3,(H3,15,17,18,19). The molecule has 0 bridgehead atoms. The Hall–Kier alpha value is -2.89. The van der Waals surface area contributed by atoms with Gasteiger partial charge in [0.25, 0.3) is 0 Å². The molecule has 0 aliphatic rings. The molecule has 0 unspecified atom stereocenters. The summed E-state index contributed by atoms with van der Waals surface area (Å²) in [6.07, 6.45) is 1.65. The van der Waals surface area contributed by atoms with Crippen LogP contribution in [-0.2, 0) is 0 Å². The van der Waals surface area contributed by atoms with Crippen LogP contribution >= 0.6 is 0 Å². The molecule has 6 heteroatoms. The van der Waals surface area contributed by atoms with Gasteiger partial charge in [-0.15, -0.1) is 0 Å². The molecular formula is C14H13N5O. The lowest BCUT2D eigenvalue weighted by atomic mass is 10.2. The number of hydrogen-bond donors (Lipinski definition) is 2. The van der Waals surface area contributed by atoms with Crippen molar-refractivity contribution in [3.8, 4) is 5.88 Å². The van der Waals surface area contributed by atoms with E-state index in [-0.39, 0.29) is 0 Å². The van der Waals surface area contributed by atoms with Crippen molar-refractivity contribution in [1.82, 2.24) is 15.0 Å². The first-order valence-electron chi connectivity index (χ1n) is 6.05. The minimum absolute atomic E-state index is 0.438. The van der Waals surface area contributed by atoms with Crippen molar-refractivity contribution in [2.24, 2.45) is 0 Å². The summed E-state index contributed by atoms with van der Waals surface area (Å²) in [4.78, 5) is 12.8. The summed E-state index contributed by atoms with van der Waals surface area (Å²) in [6.45, 7) is 0. The smallest absolute Gasteiger partial charge is 0.229 e. The highest BCUT2D eigenvalue weighted by atomic mass is 16.5. The third kappa shape index (κ3) is 2.31. The Balaban J connectivity index is 1.93. The monoisotopic (exact) mass is 267 g/mol. The van der Waals surface area contributed by atoms with Gasteiger partial charge in [0, 0.05) is 11.5 Å². The van der Waals surface area contributed by atoms with Crippen LogP contribution in [0.15, 0.2) is 42.6 Å². The van der Waals surface area contributed by atoms with Gasteiger partial charge in [0.2, 0.25) is 11.8 Å². The first-order valence-corrected chi connectivity index (χ1v) is 6.05. The number of aromatic nitrogens is 3. The second-order valence-corrected chi connectivity index (χ2v) is 4.16. The summed E-state index contributed by atoms with van der Waals surface area (Å²) < 4.78 is 5.01. The number of methoxy groups -OCH3 is 1. The van der Waals surface area contributed by atoms with Crippen LogP contribution in [0.25, 0.3) is 10.9 Å². The Bertz CT molecular complexity index is 742. The lowest BCUT2D eigenvalue weighted by Crippen LogP contribution is -2.01. The summed E-state index contributed by atoms with van der Waals surface area (Å²) in [5.74, 6) is 1.43. The topological polar surface area (TPSA) is 86.0 Å². The molecule has 2 heterocycles. The van der Waals surface area contributed by atoms with E-state index in [9.17, 15) is 0 Å². The molecule has 0 saturated heterocycles. The number of rotatable bonds is 3. The molecule has 0 amide bonds. The Morgan fingerprint density at radius 1 is 1.10 bits per heavy atom. The average Bonchev–Trinajstić information content (AvgIpc) is 2.48. The van der Waals surface area contributed by atoms with E-state index in [0.29, 0.717) is 17.6 Å². The lowest BCUT2D eigenvalue weighted by molar-refractivity contribution is 0.398. The van der Waals surface area contributed by atoms with Crippen molar-refractivity contribution in [2.45, 2.75) is 0 Å². The van der Waals surface area contributed by atoms with Crippen molar-refractivity contribution in [3.05, 3.63) is 42.6 Å². The molecule has 2 aromatic heterocycles. The van der Waals surface area contributed by atoms with E-state index < -0.39 is 0 Å². The third-order valence-corrected chi connectivity index (χ3v) is 2.83. The maximum Gasteiger partial charge on any atom is 0.229 e. The van der Waals surface area contributed by atoms with Crippen molar-refractivity contribution in [1.29, 1.82) is 0 Å². The van der Waals surface area contributed by atoms with E-state index in [0.717, 1.165) is 16.6 Å². The summed E-state index contributed by atoms with van der Waals surface area (Å²) in [6, 6.07) is 11.2. The van der Waals surface area contributed by atoms with E-state index in [2.05, 4.69) is 20.3 Å². The molecule has 3 N–H and O–H groups in total. The highest BCUT2D eigenvalue weighted by Gasteiger charge is 2.05. The normalized spacial score (nSPS) is 10.4. The van der Waals surface area contributed by atoms with Crippen molar-refractivity contribution in [2.75, 3.05) is 18.2 Å². The minimum atomic E-state index is 0.438. The second-order valence-electron chi connectivity index (χ2n) is 4.16. The van der Waals surface area contributed by atoms with Crippen LogP contribution in [0.1, 0.15) is 0 Å². The predicted molar refractivity (Wildman–Crippen MR) is 78.0 cm³/mol. The number of nitrogens with zero attached hydrogens (tertiary/aromatic N) is 3. The van der Waals surface area contributed by atoms with Crippen LogP contribution in [0.2, 0.25) is 0 Å². The molecular weight excluding hydrogens is 254 g/mol. The number of nitrogens with two attached hydrogens (primary N) is 1. The van der Waals surface area contributed by atoms with Crippen molar-refractivity contribution < 1.29 is 4.74 Å². The maximum atomic E-state index is 5.93. The number of para-hydroxylation sites is 1. The van der Waals surface area contributed by atoms with Gasteiger partial charge in [-0.2, -0.15) is 4.98 Å². The Labute approximate surface area is 115 Å². The molecule has 0 atom stereocenters. The van der Waals surface area contributed by atoms with E-state index in [4.69, 9.17) is 10.5 Å². The molecule has 1 aromatic carbocycles. The first-order chi connectivity index (χ1) is 9.76. The number of nitrogens with one attached hydrogen (secondary N) is 1. The number of anilines is 3. The number of nitrogen functional groups attached to an aromatic ring is 1. The highest BCUT2D eigenvalue weighted by Crippen LogP contribution is 2.21. The maximum absolute atomic E-state index is 5.93. The largest absolute Gasteiger partial charge is 0.481 e. The van der Waals surface area contributed by atoms with Gasteiger partial charge in [-0.1, -0.05) is 12.1 Å². The van der Waals surface area contributed by atoms with E-state index in [1.165, 1.54) is 0 Å². The highest BCUT2D eigenvalue weighted by molar-refractivity contribution is 5.89.